The third-order valence-electron chi connectivity index (χ3n) is 5.32. The fourth-order valence-corrected chi connectivity index (χ4v) is 3.38. The fourth-order valence-electron chi connectivity index (χ4n) is 3.38. The molecule has 2 aliphatic rings. The van der Waals surface area contributed by atoms with E-state index in [1.165, 1.54) is 12.8 Å². The Labute approximate surface area is 172 Å². The van der Waals surface area contributed by atoms with Gasteiger partial charge in [-0.05, 0) is 49.8 Å². The molecule has 2 fully saturated rings. The molecule has 29 heavy (non-hydrogen) atoms. The molecule has 156 valence electrons. The van der Waals surface area contributed by atoms with E-state index in [-0.39, 0.29) is 6.10 Å². The summed E-state index contributed by atoms with van der Waals surface area (Å²) in [6, 6.07) is 12.1. The molecule has 0 amide bonds. The van der Waals surface area contributed by atoms with Crippen molar-refractivity contribution < 1.29 is 13.9 Å². The number of benzene rings is 1. The predicted molar refractivity (Wildman–Crippen MR) is 113 cm³/mol. The van der Waals surface area contributed by atoms with Gasteiger partial charge >= 0.3 is 0 Å². The van der Waals surface area contributed by atoms with Crippen LogP contribution < -0.4 is 15.4 Å². The second-order valence-electron chi connectivity index (χ2n) is 7.80. The van der Waals surface area contributed by atoms with Crippen LogP contribution in [0, 0.1) is 5.92 Å². The second kappa shape index (κ2) is 10.3. The highest BCUT2D eigenvalue weighted by molar-refractivity contribution is 5.79. The molecular weight excluding hydrogens is 366 g/mol. The monoisotopic (exact) mass is 397 g/mol. The van der Waals surface area contributed by atoms with Gasteiger partial charge in [-0.2, -0.15) is 0 Å². The molecule has 1 aliphatic heterocycles. The van der Waals surface area contributed by atoms with Crippen LogP contribution >= 0.6 is 0 Å². The van der Waals surface area contributed by atoms with Gasteiger partial charge in [0.15, 0.2) is 5.96 Å². The number of hydrogen-bond donors (Lipinski definition) is 2. The van der Waals surface area contributed by atoms with Gasteiger partial charge in [-0.25, -0.2) is 4.99 Å². The van der Waals surface area contributed by atoms with Gasteiger partial charge in [-0.1, -0.05) is 18.2 Å². The lowest BCUT2D eigenvalue weighted by Gasteiger charge is -2.16. The maximum atomic E-state index is 6.02. The number of furan rings is 1. The SMILES string of the molecule is c1coc(CCNC(=NCc2ccccc2OCC2CC2)NCC2CCCO2)c1. The number of hydrogen-bond acceptors (Lipinski definition) is 4. The third kappa shape index (κ3) is 6.53. The molecular formula is C23H31N3O3. The summed E-state index contributed by atoms with van der Waals surface area (Å²) < 4.78 is 17.2. The third-order valence-corrected chi connectivity index (χ3v) is 5.32. The van der Waals surface area contributed by atoms with E-state index in [2.05, 4.69) is 16.7 Å². The van der Waals surface area contributed by atoms with Crippen molar-refractivity contribution >= 4 is 5.96 Å². The lowest BCUT2D eigenvalue weighted by molar-refractivity contribution is 0.114. The summed E-state index contributed by atoms with van der Waals surface area (Å²) in [5.41, 5.74) is 1.11. The topological polar surface area (TPSA) is 68.0 Å². The molecule has 2 heterocycles. The smallest absolute Gasteiger partial charge is 0.191 e. The Morgan fingerprint density at radius 1 is 1.10 bits per heavy atom. The fraction of sp³-hybridized carbons (Fsp3) is 0.522. The van der Waals surface area contributed by atoms with Crippen LogP contribution in [0.2, 0.25) is 0 Å². The summed E-state index contributed by atoms with van der Waals surface area (Å²) in [5, 5.41) is 6.85. The Kier molecular flexibility index (Phi) is 7.08. The maximum absolute atomic E-state index is 6.02. The predicted octanol–water partition coefficient (Wildman–Crippen LogP) is 3.53. The molecule has 0 spiro atoms. The molecule has 1 aromatic carbocycles. The van der Waals surface area contributed by atoms with Gasteiger partial charge in [0.2, 0.25) is 0 Å². The molecule has 1 atom stereocenters. The number of nitrogens with one attached hydrogen (secondary N) is 2. The van der Waals surface area contributed by atoms with Crippen molar-refractivity contribution in [2.75, 3.05) is 26.3 Å². The number of para-hydroxylation sites is 1. The highest BCUT2D eigenvalue weighted by Crippen LogP contribution is 2.30. The van der Waals surface area contributed by atoms with Crippen LogP contribution in [-0.4, -0.2) is 38.4 Å². The average Bonchev–Trinajstić information content (AvgIpc) is 3.18. The van der Waals surface area contributed by atoms with Crippen LogP contribution in [0.15, 0.2) is 52.1 Å². The minimum absolute atomic E-state index is 0.265. The highest BCUT2D eigenvalue weighted by Gasteiger charge is 2.22. The summed E-state index contributed by atoms with van der Waals surface area (Å²) in [6.45, 7) is 3.77. The van der Waals surface area contributed by atoms with Gasteiger partial charge in [0.1, 0.15) is 11.5 Å². The standard InChI is InChI=1S/C23H31N3O3/c1-2-8-22(29-17-18-9-10-18)19(5-1)15-25-23(26-16-21-7-4-14-28-21)24-12-11-20-6-3-13-27-20/h1-3,5-6,8,13,18,21H,4,7,9-12,14-17H2,(H2,24,25,26). The Hall–Kier alpha value is -2.47. The van der Waals surface area contributed by atoms with E-state index in [0.29, 0.717) is 6.54 Å². The van der Waals surface area contributed by atoms with Crippen molar-refractivity contribution in [1.29, 1.82) is 0 Å². The molecule has 6 heteroatoms. The number of nitrogens with zero attached hydrogens (tertiary/aromatic N) is 1. The normalized spacial score (nSPS) is 19.3. The van der Waals surface area contributed by atoms with E-state index in [9.17, 15) is 0 Å². The van der Waals surface area contributed by atoms with Gasteiger partial charge in [0, 0.05) is 31.7 Å². The first kappa shape index (κ1) is 19.8. The first-order chi connectivity index (χ1) is 14.4. The Morgan fingerprint density at radius 3 is 2.83 bits per heavy atom. The van der Waals surface area contributed by atoms with Crippen LogP contribution in [0.3, 0.4) is 0 Å². The van der Waals surface area contributed by atoms with Crippen molar-refractivity contribution in [1.82, 2.24) is 10.6 Å². The van der Waals surface area contributed by atoms with Crippen molar-refractivity contribution in [2.45, 2.75) is 44.8 Å². The summed E-state index contributed by atoms with van der Waals surface area (Å²) in [5.74, 6) is 3.44. The van der Waals surface area contributed by atoms with E-state index < -0.39 is 0 Å². The Balaban J connectivity index is 1.34. The molecule has 0 radical (unpaired) electrons. The van der Waals surface area contributed by atoms with Crippen LogP contribution in [-0.2, 0) is 17.7 Å². The summed E-state index contributed by atoms with van der Waals surface area (Å²) in [4.78, 5) is 4.81. The summed E-state index contributed by atoms with van der Waals surface area (Å²) in [6.07, 6.45) is 7.60. The lowest BCUT2D eigenvalue weighted by atomic mass is 10.2. The molecule has 2 N–H and O–H groups in total. The van der Waals surface area contributed by atoms with Crippen LogP contribution in [0.5, 0.6) is 5.75 Å². The molecule has 0 bridgehead atoms. The summed E-state index contributed by atoms with van der Waals surface area (Å²) in [7, 11) is 0. The number of rotatable bonds is 10. The quantitative estimate of drug-likeness (QED) is 0.474. The first-order valence-corrected chi connectivity index (χ1v) is 10.7. The molecule has 4 rings (SSSR count). The van der Waals surface area contributed by atoms with Crippen molar-refractivity contribution in [3.63, 3.8) is 0 Å². The first-order valence-electron chi connectivity index (χ1n) is 10.7. The highest BCUT2D eigenvalue weighted by atomic mass is 16.5. The molecule has 1 aliphatic carbocycles. The maximum Gasteiger partial charge on any atom is 0.191 e. The number of guanidine groups is 1. The zero-order chi connectivity index (χ0) is 19.7. The van der Waals surface area contributed by atoms with Crippen LogP contribution in [0.1, 0.15) is 37.0 Å². The molecule has 1 saturated carbocycles. The van der Waals surface area contributed by atoms with Crippen LogP contribution in [0.25, 0.3) is 0 Å². The largest absolute Gasteiger partial charge is 0.493 e. The van der Waals surface area contributed by atoms with E-state index in [0.717, 1.165) is 74.5 Å². The van der Waals surface area contributed by atoms with Crippen molar-refractivity contribution in [3.8, 4) is 5.75 Å². The molecule has 1 saturated heterocycles. The van der Waals surface area contributed by atoms with Gasteiger partial charge in [0.25, 0.3) is 0 Å². The lowest BCUT2D eigenvalue weighted by Crippen LogP contribution is -2.41. The van der Waals surface area contributed by atoms with E-state index in [4.69, 9.17) is 18.9 Å². The van der Waals surface area contributed by atoms with Crippen molar-refractivity contribution in [3.05, 3.63) is 54.0 Å². The van der Waals surface area contributed by atoms with Crippen molar-refractivity contribution in [2.24, 2.45) is 10.9 Å². The van der Waals surface area contributed by atoms with Gasteiger partial charge < -0.3 is 24.5 Å². The van der Waals surface area contributed by atoms with Gasteiger partial charge in [-0.3, -0.25) is 0 Å². The molecule has 1 unspecified atom stereocenters. The average molecular weight is 398 g/mol. The minimum atomic E-state index is 0.265. The van der Waals surface area contributed by atoms with Crippen LogP contribution in [0.4, 0.5) is 0 Å². The van der Waals surface area contributed by atoms with Gasteiger partial charge in [0.05, 0.1) is 25.5 Å². The molecule has 2 aromatic rings. The Morgan fingerprint density at radius 2 is 2.03 bits per heavy atom. The van der Waals surface area contributed by atoms with E-state index in [1.54, 1.807) is 6.26 Å². The zero-order valence-corrected chi connectivity index (χ0v) is 16.9. The number of aliphatic imine (C=N–C) groups is 1. The summed E-state index contributed by atoms with van der Waals surface area (Å²) >= 11 is 0. The number of ether oxygens (including phenoxy) is 2. The zero-order valence-electron chi connectivity index (χ0n) is 16.9. The minimum Gasteiger partial charge on any atom is -0.493 e. The van der Waals surface area contributed by atoms with E-state index in [1.807, 2.05) is 30.3 Å². The van der Waals surface area contributed by atoms with Gasteiger partial charge in [-0.15, -0.1) is 0 Å². The molecule has 1 aromatic heterocycles. The molecule has 6 nitrogen and oxygen atoms in total. The second-order valence-corrected chi connectivity index (χ2v) is 7.80. The van der Waals surface area contributed by atoms with E-state index >= 15 is 0 Å². The Bertz CT molecular complexity index is 765.